The molecule has 23 heavy (non-hydrogen) atoms. The third-order valence-corrected chi connectivity index (χ3v) is 5.87. The van der Waals surface area contributed by atoms with Crippen LogP contribution in [0.2, 0.25) is 0 Å². The molecule has 3 rings (SSSR count). The van der Waals surface area contributed by atoms with Crippen molar-refractivity contribution in [2.75, 3.05) is 26.7 Å². The monoisotopic (exact) mass is 321 g/mol. The zero-order valence-electron chi connectivity index (χ0n) is 14.4. The SMILES string of the molecule is CNC(=O)CN1C[C@H](NC(=O)C2CCCCCC2)[C@@H](C2CC2)C1. The number of likely N-dealkylation sites (N-methyl/N-ethyl adjacent to an activating group) is 1. The largest absolute Gasteiger partial charge is 0.358 e. The highest BCUT2D eigenvalue weighted by Gasteiger charge is 2.43. The van der Waals surface area contributed by atoms with Crippen LogP contribution in [-0.4, -0.2) is 49.4 Å². The summed E-state index contributed by atoms with van der Waals surface area (Å²) in [4.78, 5) is 26.5. The van der Waals surface area contributed by atoms with Crippen LogP contribution < -0.4 is 10.6 Å². The van der Waals surface area contributed by atoms with E-state index in [0.29, 0.717) is 12.5 Å². The van der Waals surface area contributed by atoms with Gasteiger partial charge in [0.05, 0.1) is 6.54 Å². The van der Waals surface area contributed by atoms with Crippen LogP contribution in [0.1, 0.15) is 51.4 Å². The minimum atomic E-state index is 0.0651. The molecule has 0 aromatic carbocycles. The topological polar surface area (TPSA) is 61.4 Å². The summed E-state index contributed by atoms with van der Waals surface area (Å²) >= 11 is 0. The van der Waals surface area contributed by atoms with Gasteiger partial charge in [-0.15, -0.1) is 0 Å². The van der Waals surface area contributed by atoms with Crippen molar-refractivity contribution >= 4 is 11.8 Å². The molecule has 5 nitrogen and oxygen atoms in total. The highest BCUT2D eigenvalue weighted by molar-refractivity contribution is 5.79. The van der Waals surface area contributed by atoms with E-state index in [9.17, 15) is 9.59 Å². The van der Waals surface area contributed by atoms with Crippen molar-refractivity contribution in [3.63, 3.8) is 0 Å². The minimum absolute atomic E-state index is 0.0651. The van der Waals surface area contributed by atoms with E-state index in [1.807, 2.05) is 0 Å². The van der Waals surface area contributed by atoms with Crippen molar-refractivity contribution in [2.45, 2.75) is 57.4 Å². The summed E-state index contributed by atoms with van der Waals surface area (Å²) in [7, 11) is 1.68. The van der Waals surface area contributed by atoms with Crippen molar-refractivity contribution in [1.29, 1.82) is 0 Å². The first-order valence-corrected chi connectivity index (χ1v) is 9.40. The number of nitrogens with zero attached hydrogens (tertiary/aromatic N) is 1. The molecular weight excluding hydrogens is 290 g/mol. The Bertz CT molecular complexity index is 428. The minimum Gasteiger partial charge on any atom is -0.358 e. The standard InChI is InChI=1S/C18H31N3O2/c1-19-17(22)12-21-10-15(13-8-9-13)16(11-21)20-18(23)14-6-4-2-3-5-7-14/h13-16H,2-12H2,1H3,(H,19,22)(H,20,23)/t15-,16+/m1/s1. The van der Waals surface area contributed by atoms with Crippen molar-refractivity contribution in [1.82, 2.24) is 15.5 Å². The molecule has 0 spiro atoms. The van der Waals surface area contributed by atoms with E-state index in [-0.39, 0.29) is 23.8 Å². The highest BCUT2D eigenvalue weighted by atomic mass is 16.2. The quantitative estimate of drug-likeness (QED) is 0.755. The molecule has 1 saturated heterocycles. The van der Waals surface area contributed by atoms with E-state index in [1.165, 1.54) is 38.5 Å². The van der Waals surface area contributed by atoms with Crippen LogP contribution in [0.3, 0.4) is 0 Å². The van der Waals surface area contributed by atoms with Crippen LogP contribution in [0.5, 0.6) is 0 Å². The van der Waals surface area contributed by atoms with Crippen LogP contribution in [0, 0.1) is 17.8 Å². The zero-order valence-corrected chi connectivity index (χ0v) is 14.4. The molecule has 1 heterocycles. The number of rotatable bonds is 5. The summed E-state index contributed by atoms with van der Waals surface area (Å²) in [5.74, 6) is 1.84. The first kappa shape index (κ1) is 16.7. The Kier molecular flexibility index (Phi) is 5.57. The summed E-state index contributed by atoms with van der Waals surface area (Å²) in [5.41, 5.74) is 0. The number of hydrogen-bond donors (Lipinski definition) is 2. The van der Waals surface area contributed by atoms with Crippen LogP contribution >= 0.6 is 0 Å². The lowest BCUT2D eigenvalue weighted by Gasteiger charge is -2.23. The second-order valence-electron chi connectivity index (χ2n) is 7.67. The fraction of sp³-hybridized carbons (Fsp3) is 0.889. The molecule has 0 bridgehead atoms. The maximum absolute atomic E-state index is 12.7. The number of likely N-dealkylation sites (tertiary alicyclic amines) is 1. The Morgan fingerprint density at radius 2 is 1.70 bits per heavy atom. The van der Waals surface area contributed by atoms with Gasteiger partial charge < -0.3 is 10.6 Å². The van der Waals surface area contributed by atoms with Crippen molar-refractivity contribution < 1.29 is 9.59 Å². The van der Waals surface area contributed by atoms with E-state index in [2.05, 4.69) is 15.5 Å². The lowest BCUT2D eigenvalue weighted by molar-refractivity contribution is -0.126. The van der Waals surface area contributed by atoms with Crippen LogP contribution in [0.15, 0.2) is 0 Å². The molecule has 2 aliphatic carbocycles. The smallest absolute Gasteiger partial charge is 0.233 e. The van der Waals surface area contributed by atoms with Gasteiger partial charge in [-0.1, -0.05) is 25.7 Å². The predicted molar refractivity (Wildman–Crippen MR) is 89.8 cm³/mol. The molecule has 2 N–H and O–H groups in total. The van der Waals surface area contributed by atoms with Gasteiger partial charge in [-0.2, -0.15) is 0 Å². The second-order valence-corrected chi connectivity index (χ2v) is 7.67. The Labute approximate surface area is 139 Å². The van der Waals surface area contributed by atoms with E-state index >= 15 is 0 Å². The van der Waals surface area contributed by atoms with Crippen molar-refractivity contribution in [3.8, 4) is 0 Å². The van der Waals surface area contributed by atoms with Gasteiger partial charge in [-0.05, 0) is 37.5 Å². The number of carbonyl (C=O) groups is 2. The van der Waals surface area contributed by atoms with Crippen molar-refractivity contribution in [3.05, 3.63) is 0 Å². The Balaban J connectivity index is 1.56. The third-order valence-electron chi connectivity index (χ3n) is 5.87. The predicted octanol–water partition coefficient (Wildman–Crippen LogP) is 1.53. The first-order chi connectivity index (χ1) is 11.2. The molecule has 130 valence electrons. The maximum atomic E-state index is 12.7. The normalized spacial score (nSPS) is 30.0. The molecular formula is C18H31N3O2. The molecule has 5 heteroatoms. The molecule has 2 atom stereocenters. The average Bonchev–Trinajstić information content (AvgIpc) is 3.34. The lowest BCUT2D eigenvalue weighted by atomic mass is 9.95. The van der Waals surface area contributed by atoms with Crippen molar-refractivity contribution in [2.24, 2.45) is 17.8 Å². The molecule has 0 aromatic heterocycles. The maximum Gasteiger partial charge on any atom is 0.233 e. The van der Waals surface area contributed by atoms with Gasteiger partial charge in [-0.3, -0.25) is 14.5 Å². The summed E-state index contributed by atoms with van der Waals surface area (Å²) in [5, 5.41) is 6.05. The van der Waals surface area contributed by atoms with Crippen LogP contribution in [-0.2, 0) is 9.59 Å². The third kappa shape index (κ3) is 4.46. The summed E-state index contributed by atoms with van der Waals surface area (Å²) < 4.78 is 0. The van der Waals surface area contributed by atoms with Gasteiger partial charge in [-0.25, -0.2) is 0 Å². The fourth-order valence-electron chi connectivity index (χ4n) is 4.32. The summed E-state index contributed by atoms with van der Waals surface area (Å²) in [6.07, 6.45) is 9.61. The number of nitrogens with one attached hydrogen (secondary N) is 2. The van der Waals surface area contributed by atoms with Gasteiger partial charge in [0, 0.05) is 32.1 Å². The van der Waals surface area contributed by atoms with Crippen LogP contribution in [0.4, 0.5) is 0 Å². The molecule has 3 aliphatic rings. The Morgan fingerprint density at radius 3 is 2.30 bits per heavy atom. The average molecular weight is 321 g/mol. The van der Waals surface area contributed by atoms with Gasteiger partial charge >= 0.3 is 0 Å². The lowest BCUT2D eigenvalue weighted by Crippen LogP contribution is -2.44. The number of carbonyl (C=O) groups excluding carboxylic acids is 2. The molecule has 3 fully saturated rings. The molecule has 2 saturated carbocycles. The highest BCUT2D eigenvalue weighted by Crippen LogP contribution is 2.41. The number of amides is 2. The Morgan fingerprint density at radius 1 is 1.00 bits per heavy atom. The zero-order chi connectivity index (χ0) is 16.2. The van der Waals surface area contributed by atoms with Gasteiger partial charge in [0.15, 0.2) is 0 Å². The van der Waals surface area contributed by atoms with E-state index in [4.69, 9.17) is 0 Å². The second kappa shape index (κ2) is 7.65. The summed E-state index contributed by atoms with van der Waals surface area (Å²) in [6, 6.07) is 0.239. The van der Waals surface area contributed by atoms with E-state index in [0.717, 1.165) is 31.8 Å². The molecule has 1 aliphatic heterocycles. The van der Waals surface area contributed by atoms with Gasteiger partial charge in [0.2, 0.25) is 11.8 Å². The van der Waals surface area contributed by atoms with Crippen LogP contribution in [0.25, 0.3) is 0 Å². The van der Waals surface area contributed by atoms with E-state index in [1.54, 1.807) is 7.05 Å². The molecule has 0 unspecified atom stereocenters. The Hall–Kier alpha value is -1.10. The molecule has 0 radical (unpaired) electrons. The summed E-state index contributed by atoms with van der Waals surface area (Å²) in [6.45, 7) is 2.23. The first-order valence-electron chi connectivity index (χ1n) is 9.40. The molecule has 0 aromatic rings. The fourth-order valence-corrected chi connectivity index (χ4v) is 4.32. The van der Waals surface area contributed by atoms with Gasteiger partial charge in [0.25, 0.3) is 0 Å². The van der Waals surface area contributed by atoms with Gasteiger partial charge in [0.1, 0.15) is 0 Å². The molecule has 2 amide bonds. The van der Waals surface area contributed by atoms with E-state index < -0.39 is 0 Å². The number of hydrogen-bond acceptors (Lipinski definition) is 3.